The van der Waals surface area contributed by atoms with Gasteiger partial charge in [0.15, 0.2) is 0 Å². The number of carbonyl (C=O) groups excluding carboxylic acids is 3. The minimum absolute atomic E-state index is 0.250. The summed E-state index contributed by atoms with van der Waals surface area (Å²) < 4.78 is 11.1. The van der Waals surface area contributed by atoms with Gasteiger partial charge in [-0.05, 0) is 46.2 Å². The summed E-state index contributed by atoms with van der Waals surface area (Å²) in [5.74, 6) is -2.54. The third-order valence-corrected chi connectivity index (χ3v) is 6.85. The average Bonchev–Trinajstić information content (AvgIpc) is 3.49. The number of ether oxygens (including phenoxy) is 2. The van der Waals surface area contributed by atoms with Gasteiger partial charge in [-0.3, -0.25) is 19.3 Å². The summed E-state index contributed by atoms with van der Waals surface area (Å²) in [7, 11) is 1.63. The molecule has 1 amide bonds. The van der Waals surface area contributed by atoms with Crippen molar-refractivity contribution in [1.82, 2.24) is 0 Å². The number of nitrogens with zero attached hydrogens (tertiary/aromatic N) is 1. The fraction of sp³-hybridized carbons (Fsp3) is 0.321. The van der Waals surface area contributed by atoms with E-state index in [-0.39, 0.29) is 5.78 Å². The van der Waals surface area contributed by atoms with Gasteiger partial charge in [0, 0.05) is 37.3 Å². The van der Waals surface area contributed by atoms with Crippen LogP contribution in [-0.4, -0.2) is 37.8 Å². The number of hydrogen-bond acceptors (Lipinski definition) is 6. The molecule has 0 bridgehead atoms. The predicted molar refractivity (Wildman–Crippen MR) is 137 cm³/mol. The van der Waals surface area contributed by atoms with Crippen LogP contribution in [0.3, 0.4) is 0 Å². The molecule has 4 rings (SSSR count). The molecule has 1 aliphatic rings. The second-order valence-corrected chi connectivity index (χ2v) is 9.59. The maximum absolute atomic E-state index is 13.3. The monoisotopic (exact) mass is 491 g/mol. The van der Waals surface area contributed by atoms with Crippen LogP contribution >= 0.6 is 11.3 Å². The molecular formula is C28H29NO5S. The van der Waals surface area contributed by atoms with Crippen molar-refractivity contribution in [2.75, 3.05) is 25.2 Å². The van der Waals surface area contributed by atoms with Crippen LogP contribution in [0.2, 0.25) is 0 Å². The molecule has 0 N–H and O–H groups in total. The zero-order chi connectivity index (χ0) is 24.9. The molecule has 6 nitrogen and oxygen atoms in total. The Bertz CT molecular complexity index is 1190. The van der Waals surface area contributed by atoms with Gasteiger partial charge in [0.05, 0.1) is 12.6 Å². The van der Waals surface area contributed by atoms with Gasteiger partial charge in [-0.25, -0.2) is 0 Å². The summed E-state index contributed by atoms with van der Waals surface area (Å²) in [4.78, 5) is 41.2. The molecule has 3 aromatic rings. The molecule has 182 valence electrons. The van der Waals surface area contributed by atoms with E-state index in [9.17, 15) is 14.4 Å². The van der Waals surface area contributed by atoms with E-state index in [0.717, 1.165) is 11.1 Å². The Morgan fingerprint density at radius 2 is 1.74 bits per heavy atom. The van der Waals surface area contributed by atoms with E-state index >= 15 is 0 Å². The molecule has 2 heterocycles. The minimum atomic E-state index is -1.09. The highest BCUT2D eigenvalue weighted by molar-refractivity contribution is 7.08. The smallest absolute Gasteiger partial charge is 0.295 e. The zero-order valence-electron chi connectivity index (χ0n) is 20.1. The van der Waals surface area contributed by atoms with Crippen LogP contribution in [0.5, 0.6) is 5.75 Å². The summed E-state index contributed by atoms with van der Waals surface area (Å²) in [6, 6.07) is 16.1. The number of amides is 1. The average molecular weight is 492 g/mol. The van der Waals surface area contributed by atoms with Gasteiger partial charge in [-0.15, -0.1) is 0 Å². The number of para-hydroxylation sites is 1. The van der Waals surface area contributed by atoms with Crippen molar-refractivity contribution in [1.29, 1.82) is 0 Å². The molecule has 0 saturated carbocycles. The maximum Gasteiger partial charge on any atom is 0.295 e. The number of methoxy groups -OCH3 is 1. The normalized spacial score (nSPS) is 17.9. The highest BCUT2D eigenvalue weighted by Crippen LogP contribution is 2.44. The van der Waals surface area contributed by atoms with E-state index in [1.54, 1.807) is 32.3 Å². The molecule has 7 heteroatoms. The van der Waals surface area contributed by atoms with Crippen LogP contribution < -0.4 is 9.64 Å². The van der Waals surface area contributed by atoms with Gasteiger partial charge in [0.25, 0.3) is 5.91 Å². The van der Waals surface area contributed by atoms with Crippen molar-refractivity contribution < 1.29 is 23.9 Å². The van der Waals surface area contributed by atoms with Crippen molar-refractivity contribution >= 4 is 34.5 Å². The number of ketones is 2. The van der Waals surface area contributed by atoms with E-state index in [4.69, 9.17) is 9.47 Å². The van der Waals surface area contributed by atoms with Gasteiger partial charge in [0.2, 0.25) is 5.78 Å². The SMILES string of the molecule is COCCCOc1ccccc1C1C(C(=O)C(C)C)C(=O)C(=O)N1c1ccc(-c2ccsc2)cc1. The van der Waals surface area contributed by atoms with Crippen LogP contribution in [0, 0.1) is 11.8 Å². The van der Waals surface area contributed by atoms with Crippen LogP contribution in [0.25, 0.3) is 11.1 Å². The van der Waals surface area contributed by atoms with Gasteiger partial charge in [-0.1, -0.05) is 44.2 Å². The molecule has 2 atom stereocenters. The molecule has 0 aliphatic carbocycles. The van der Waals surface area contributed by atoms with E-state index < -0.39 is 29.6 Å². The Hall–Kier alpha value is -3.29. The van der Waals surface area contributed by atoms with Crippen LogP contribution in [0.15, 0.2) is 65.4 Å². The molecule has 0 spiro atoms. The molecule has 1 aromatic heterocycles. The van der Waals surface area contributed by atoms with Crippen LogP contribution in [0.1, 0.15) is 31.9 Å². The lowest BCUT2D eigenvalue weighted by Gasteiger charge is -2.29. The lowest BCUT2D eigenvalue weighted by Crippen LogP contribution is -2.32. The maximum atomic E-state index is 13.3. The van der Waals surface area contributed by atoms with Crippen molar-refractivity contribution in [3.63, 3.8) is 0 Å². The van der Waals surface area contributed by atoms with Crippen LogP contribution in [0.4, 0.5) is 5.69 Å². The first-order valence-electron chi connectivity index (χ1n) is 11.7. The largest absolute Gasteiger partial charge is 0.493 e. The third-order valence-electron chi connectivity index (χ3n) is 6.17. The topological polar surface area (TPSA) is 72.9 Å². The summed E-state index contributed by atoms with van der Waals surface area (Å²) in [6.07, 6.45) is 0.690. The van der Waals surface area contributed by atoms with E-state index in [1.807, 2.05) is 60.0 Å². The summed E-state index contributed by atoms with van der Waals surface area (Å²) in [5.41, 5.74) is 3.32. The van der Waals surface area contributed by atoms with Crippen molar-refractivity contribution in [3.05, 3.63) is 70.9 Å². The standard InChI is InChI=1S/C28H29NO5S/c1-18(2)26(30)24-25(22-7-4-5-8-23(22)34-15-6-14-33-3)29(28(32)27(24)31)21-11-9-19(10-12-21)20-13-16-35-17-20/h4-5,7-13,16-18,24-25H,6,14-15H2,1-3H3. The lowest BCUT2D eigenvalue weighted by atomic mass is 9.84. The molecular weight excluding hydrogens is 462 g/mol. The van der Waals surface area contributed by atoms with Crippen molar-refractivity contribution in [2.24, 2.45) is 11.8 Å². The number of Topliss-reactive ketones (excluding diaryl/α,β-unsaturated/α-hetero) is 2. The number of anilines is 1. The quantitative estimate of drug-likeness (QED) is 0.218. The first-order chi connectivity index (χ1) is 16.9. The molecule has 1 fully saturated rings. The molecule has 2 aromatic carbocycles. The Morgan fingerprint density at radius 3 is 2.40 bits per heavy atom. The third kappa shape index (κ3) is 5.06. The minimum Gasteiger partial charge on any atom is -0.493 e. The lowest BCUT2D eigenvalue weighted by molar-refractivity contribution is -0.139. The number of thiophene rings is 1. The molecule has 1 aliphatic heterocycles. The predicted octanol–water partition coefficient (Wildman–Crippen LogP) is 5.33. The summed E-state index contributed by atoms with van der Waals surface area (Å²) in [5, 5.41) is 4.06. The van der Waals surface area contributed by atoms with Gasteiger partial charge < -0.3 is 9.47 Å². The fourth-order valence-corrected chi connectivity index (χ4v) is 5.06. The highest BCUT2D eigenvalue weighted by Gasteiger charge is 2.53. The first-order valence-corrected chi connectivity index (χ1v) is 12.6. The Kier molecular flexibility index (Phi) is 7.78. The number of carbonyl (C=O) groups is 3. The number of rotatable bonds is 10. The molecule has 35 heavy (non-hydrogen) atoms. The summed E-state index contributed by atoms with van der Waals surface area (Å²) in [6.45, 7) is 4.47. The van der Waals surface area contributed by atoms with Gasteiger partial charge >= 0.3 is 0 Å². The zero-order valence-corrected chi connectivity index (χ0v) is 20.9. The number of benzene rings is 2. The second kappa shape index (κ2) is 11.0. The first kappa shape index (κ1) is 24.8. The molecule has 1 saturated heterocycles. The van der Waals surface area contributed by atoms with E-state index in [0.29, 0.717) is 36.6 Å². The molecule has 0 radical (unpaired) electrons. The Balaban J connectivity index is 1.76. The highest BCUT2D eigenvalue weighted by atomic mass is 32.1. The van der Waals surface area contributed by atoms with Gasteiger partial charge in [0.1, 0.15) is 17.5 Å². The van der Waals surface area contributed by atoms with Crippen molar-refractivity contribution in [2.45, 2.75) is 26.3 Å². The van der Waals surface area contributed by atoms with Crippen molar-refractivity contribution in [3.8, 4) is 16.9 Å². The number of hydrogen-bond donors (Lipinski definition) is 0. The Labute approximate surface area is 209 Å². The van der Waals surface area contributed by atoms with E-state index in [1.165, 1.54) is 4.90 Å². The van der Waals surface area contributed by atoms with Crippen LogP contribution in [-0.2, 0) is 19.1 Å². The fourth-order valence-electron chi connectivity index (χ4n) is 4.40. The second-order valence-electron chi connectivity index (χ2n) is 8.81. The summed E-state index contributed by atoms with van der Waals surface area (Å²) >= 11 is 1.61. The van der Waals surface area contributed by atoms with Gasteiger partial charge in [-0.2, -0.15) is 11.3 Å². The molecule has 2 unspecified atom stereocenters. The van der Waals surface area contributed by atoms with E-state index in [2.05, 4.69) is 5.38 Å². The Morgan fingerprint density at radius 1 is 1.00 bits per heavy atom.